The number of hydrogen-bond donors (Lipinski definition) is 1. The smallest absolute Gasteiger partial charge is 0.193 e. The van der Waals surface area contributed by atoms with Gasteiger partial charge in [0.15, 0.2) is 5.96 Å². The van der Waals surface area contributed by atoms with Crippen molar-refractivity contribution in [3.8, 4) is 0 Å². The summed E-state index contributed by atoms with van der Waals surface area (Å²) in [5, 5.41) is 3.58. The fourth-order valence-corrected chi connectivity index (χ4v) is 3.55. The summed E-state index contributed by atoms with van der Waals surface area (Å²) < 4.78 is 11.3. The van der Waals surface area contributed by atoms with Crippen molar-refractivity contribution in [1.29, 1.82) is 0 Å². The van der Waals surface area contributed by atoms with Gasteiger partial charge < -0.3 is 19.7 Å². The van der Waals surface area contributed by atoms with Crippen LogP contribution in [0.4, 0.5) is 0 Å². The van der Waals surface area contributed by atoms with Crippen LogP contribution < -0.4 is 5.32 Å². The first-order valence-corrected chi connectivity index (χ1v) is 10.5. The summed E-state index contributed by atoms with van der Waals surface area (Å²) in [7, 11) is 3.92. The summed E-state index contributed by atoms with van der Waals surface area (Å²) >= 11 is 0. The zero-order valence-corrected chi connectivity index (χ0v) is 20.4. The number of aryl methyl sites for hydroxylation is 1. The lowest BCUT2D eigenvalue weighted by atomic mass is 10.0. The number of ether oxygens (including phenoxy) is 2. The number of morpholine rings is 1. The first kappa shape index (κ1) is 24.4. The molecule has 1 atom stereocenters. The van der Waals surface area contributed by atoms with Gasteiger partial charge in [0.2, 0.25) is 0 Å². The molecule has 164 valence electrons. The van der Waals surface area contributed by atoms with E-state index in [0.29, 0.717) is 6.04 Å². The molecular weight excluding hydrogens is 479 g/mol. The van der Waals surface area contributed by atoms with E-state index in [4.69, 9.17) is 9.47 Å². The fraction of sp³-hybridized carbons (Fsp3) is 0.682. The summed E-state index contributed by atoms with van der Waals surface area (Å²) in [6.45, 7) is 8.99. The van der Waals surface area contributed by atoms with Crippen LogP contribution in [0.2, 0.25) is 0 Å². The lowest BCUT2D eigenvalue weighted by Gasteiger charge is -2.35. The topological polar surface area (TPSA) is 49.3 Å². The molecule has 1 saturated carbocycles. The van der Waals surface area contributed by atoms with E-state index in [1.54, 1.807) is 0 Å². The van der Waals surface area contributed by atoms with Crippen molar-refractivity contribution in [2.24, 2.45) is 10.9 Å². The van der Waals surface area contributed by atoms with Gasteiger partial charge in [0.25, 0.3) is 0 Å². The number of aliphatic imine (C=N–C) groups is 1. The summed E-state index contributed by atoms with van der Waals surface area (Å²) in [5.41, 5.74) is 2.63. The van der Waals surface area contributed by atoms with E-state index in [9.17, 15) is 0 Å². The third-order valence-electron chi connectivity index (χ3n) is 5.60. The largest absolute Gasteiger partial charge is 0.379 e. The molecule has 1 aromatic carbocycles. The van der Waals surface area contributed by atoms with Crippen LogP contribution in [0.15, 0.2) is 29.3 Å². The number of nitrogens with one attached hydrogen (secondary N) is 1. The van der Waals surface area contributed by atoms with Crippen molar-refractivity contribution in [2.75, 3.05) is 66.7 Å². The van der Waals surface area contributed by atoms with Gasteiger partial charge in [0.05, 0.1) is 25.9 Å². The van der Waals surface area contributed by atoms with E-state index in [1.165, 1.54) is 24.0 Å². The van der Waals surface area contributed by atoms with Crippen LogP contribution in [0.3, 0.4) is 0 Å². The van der Waals surface area contributed by atoms with E-state index in [-0.39, 0.29) is 24.0 Å². The number of halogens is 1. The molecule has 0 amide bonds. The summed E-state index contributed by atoms with van der Waals surface area (Å²) in [4.78, 5) is 9.13. The van der Waals surface area contributed by atoms with Crippen LogP contribution >= 0.6 is 24.0 Å². The monoisotopic (exact) mass is 516 g/mol. The number of benzene rings is 1. The molecule has 2 fully saturated rings. The van der Waals surface area contributed by atoms with Crippen molar-refractivity contribution < 1.29 is 9.47 Å². The first-order valence-electron chi connectivity index (χ1n) is 10.5. The Balaban J connectivity index is 0.00000300. The maximum absolute atomic E-state index is 5.78. The Morgan fingerprint density at radius 1 is 1.28 bits per heavy atom. The van der Waals surface area contributed by atoms with Crippen LogP contribution in [0.5, 0.6) is 0 Å². The van der Waals surface area contributed by atoms with Gasteiger partial charge in [-0.05, 0) is 31.2 Å². The van der Waals surface area contributed by atoms with E-state index in [2.05, 4.69) is 58.3 Å². The van der Waals surface area contributed by atoms with Gasteiger partial charge in [0, 0.05) is 46.9 Å². The predicted molar refractivity (Wildman–Crippen MR) is 129 cm³/mol. The molecule has 6 nitrogen and oxygen atoms in total. The lowest BCUT2D eigenvalue weighted by molar-refractivity contribution is 0.0169. The molecule has 1 saturated heterocycles. The third-order valence-corrected chi connectivity index (χ3v) is 5.60. The molecule has 0 radical (unpaired) electrons. The maximum atomic E-state index is 5.78. The van der Waals surface area contributed by atoms with Gasteiger partial charge >= 0.3 is 0 Å². The Labute approximate surface area is 193 Å². The van der Waals surface area contributed by atoms with E-state index < -0.39 is 0 Å². The summed E-state index contributed by atoms with van der Waals surface area (Å²) in [5.74, 6) is 1.73. The Kier molecular flexibility index (Phi) is 10.7. The number of likely N-dealkylation sites (N-methyl/N-ethyl adjacent to an activating group) is 1. The highest BCUT2D eigenvalue weighted by atomic mass is 127. The van der Waals surface area contributed by atoms with Crippen molar-refractivity contribution in [2.45, 2.75) is 25.8 Å². The number of nitrogens with zero attached hydrogens (tertiary/aromatic N) is 3. The van der Waals surface area contributed by atoms with Crippen molar-refractivity contribution >= 4 is 29.9 Å². The predicted octanol–water partition coefficient (Wildman–Crippen LogP) is 2.92. The number of rotatable bonds is 9. The molecule has 29 heavy (non-hydrogen) atoms. The molecule has 7 heteroatoms. The molecule has 1 aromatic rings. The second-order valence-electron chi connectivity index (χ2n) is 7.94. The van der Waals surface area contributed by atoms with Crippen LogP contribution in [0.1, 0.15) is 30.0 Å². The van der Waals surface area contributed by atoms with Gasteiger partial charge in [-0.3, -0.25) is 9.89 Å². The molecular formula is C22H37IN4O2. The van der Waals surface area contributed by atoms with Crippen molar-refractivity contribution in [1.82, 2.24) is 15.1 Å². The van der Waals surface area contributed by atoms with Gasteiger partial charge in [-0.15, -0.1) is 24.0 Å². The Bertz CT molecular complexity index is 616. The number of hydrogen-bond acceptors (Lipinski definition) is 4. The Morgan fingerprint density at radius 2 is 1.97 bits per heavy atom. The van der Waals surface area contributed by atoms with Gasteiger partial charge in [-0.1, -0.05) is 29.8 Å². The normalized spacial score (nSPS) is 18.8. The molecule has 2 aliphatic rings. The van der Waals surface area contributed by atoms with Gasteiger partial charge in [-0.2, -0.15) is 0 Å². The Hall–Kier alpha value is -0.900. The van der Waals surface area contributed by atoms with Gasteiger partial charge in [0.1, 0.15) is 0 Å². The molecule has 0 aromatic heterocycles. The van der Waals surface area contributed by atoms with Crippen molar-refractivity contribution in [3.63, 3.8) is 0 Å². The molecule has 1 heterocycles. The molecule has 0 spiro atoms. The molecule has 0 bridgehead atoms. The van der Waals surface area contributed by atoms with Crippen molar-refractivity contribution in [3.05, 3.63) is 35.4 Å². The third kappa shape index (κ3) is 8.03. The standard InChI is InChI=1S/C22H36N4O2.HI/c1-18-4-8-20(9-5-18)21(26-11-14-27-15-12-26)16-24-22(23-2)25(3)10-13-28-17-19-6-7-19;/h4-5,8-9,19,21H,6-7,10-17H2,1-3H3,(H,23,24);1H. The first-order chi connectivity index (χ1) is 13.7. The van der Waals surface area contributed by atoms with Crippen LogP contribution in [-0.4, -0.2) is 82.5 Å². The molecule has 1 unspecified atom stereocenters. The molecule has 1 aliphatic heterocycles. The average molecular weight is 516 g/mol. The quantitative estimate of drug-likeness (QED) is 0.237. The highest BCUT2D eigenvalue weighted by Crippen LogP contribution is 2.28. The maximum Gasteiger partial charge on any atom is 0.193 e. The summed E-state index contributed by atoms with van der Waals surface area (Å²) in [6, 6.07) is 9.19. The summed E-state index contributed by atoms with van der Waals surface area (Å²) in [6.07, 6.45) is 2.67. The fourth-order valence-electron chi connectivity index (χ4n) is 3.55. The van der Waals surface area contributed by atoms with Crippen LogP contribution in [0, 0.1) is 12.8 Å². The minimum Gasteiger partial charge on any atom is -0.379 e. The highest BCUT2D eigenvalue weighted by molar-refractivity contribution is 14.0. The van der Waals surface area contributed by atoms with Crippen LogP contribution in [0.25, 0.3) is 0 Å². The zero-order chi connectivity index (χ0) is 19.8. The number of guanidine groups is 1. The second kappa shape index (κ2) is 12.7. The minimum absolute atomic E-state index is 0. The Morgan fingerprint density at radius 3 is 2.59 bits per heavy atom. The average Bonchev–Trinajstić information content (AvgIpc) is 3.55. The molecule has 1 aliphatic carbocycles. The van der Waals surface area contributed by atoms with E-state index >= 15 is 0 Å². The van der Waals surface area contributed by atoms with E-state index in [1.807, 2.05) is 7.05 Å². The van der Waals surface area contributed by atoms with Gasteiger partial charge in [-0.25, -0.2) is 0 Å². The second-order valence-corrected chi connectivity index (χ2v) is 7.94. The molecule has 1 N–H and O–H groups in total. The highest BCUT2D eigenvalue weighted by Gasteiger charge is 2.23. The minimum atomic E-state index is 0. The SMILES string of the molecule is CN=C(NCC(c1ccc(C)cc1)N1CCOCC1)N(C)CCOCC1CC1.I. The van der Waals surface area contributed by atoms with Crippen LogP contribution in [-0.2, 0) is 9.47 Å². The zero-order valence-electron chi connectivity index (χ0n) is 18.1. The lowest BCUT2D eigenvalue weighted by Crippen LogP contribution is -2.47. The molecule has 3 rings (SSSR count). The van der Waals surface area contributed by atoms with E-state index in [0.717, 1.165) is 64.5 Å².